The first kappa shape index (κ1) is 21.1. The highest BCUT2D eigenvalue weighted by atomic mass is 16.5. The number of ketones is 1. The molecule has 1 aliphatic carbocycles. The van der Waals surface area contributed by atoms with Crippen molar-refractivity contribution in [3.05, 3.63) is 113 Å². The minimum atomic E-state index is -0.110. The lowest BCUT2D eigenvalue weighted by Crippen LogP contribution is -2.18. The second-order valence-corrected chi connectivity index (χ2v) is 8.42. The first-order chi connectivity index (χ1) is 16.3. The number of aromatic nitrogens is 3. The van der Waals surface area contributed by atoms with Crippen LogP contribution in [0.25, 0.3) is 0 Å². The van der Waals surface area contributed by atoms with Crippen molar-refractivity contribution in [3.8, 4) is 5.75 Å². The van der Waals surface area contributed by atoms with Crippen molar-refractivity contribution in [2.45, 2.75) is 38.0 Å². The third kappa shape index (κ3) is 4.72. The van der Waals surface area contributed by atoms with Gasteiger partial charge in [-0.1, -0.05) is 36.4 Å². The second kappa shape index (κ2) is 9.82. The Morgan fingerprint density at radius 1 is 0.909 bits per heavy atom. The van der Waals surface area contributed by atoms with E-state index in [0.717, 1.165) is 59.6 Å². The minimum Gasteiger partial charge on any atom is -0.492 e. The van der Waals surface area contributed by atoms with Crippen molar-refractivity contribution < 1.29 is 9.53 Å². The smallest absolute Gasteiger partial charge is 0.163 e. The number of carbonyl (C=O) groups excluding carboxylic acids is 1. The quantitative estimate of drug-likeness (QED) is 0.405. The zero-order valence-electron chi connectivity index (χ0n) is 18.5. The van der Waals surface area contributed by atoms with Crippen LogP contribution in [-0.4, -0.2) is 27.3 Å². The lowest BCUT2D eigenvalue weighted by atomic mass is 9.85. The third-order valence-corrected chi connectivity index (χ3v) is 6.33. The number of imidazole rings is 1. The molecule has 0 aliphatic heterocycles. The highest BCUT2D eigenvalue weighted by molar-refractivity contribution is 5.99. The highest BCUT2D eigenvalue weighted by Crippen LogP contribution is 2.33. The van der Waals surface area contributed by atoms with Crippen LogP contribution in [0.3, 0.4) is 0 Å². The number of hydrogen-bond acceptors (Lipinski definition) is 4. The Morgan fingerprint density at radius 2 is 1.79 bits per heavy atom. The number of Topliss-reactive ketones (excluding diaryl/α,β-unsaturated/α-hetero) is 1. The molecule has 2 aromatic carbocycles. The molecule has 2 aromatic heterocycles. The molecule has 2 heterocycles. The van der Waals surface area contributed by atoms with Gasteiger partial charge in [0, 0.05) is 30.6 Å². The van der Waals surface area contributed by atoms with Crippen LogP contribution in [0.4, 0.5) is 0 Å². The number of rotatable bonds is 8. The third-order valence-electron chi connectivity index (χ3n) is 6.33. The van der Waals surface area contributed by atoms with Gasteiger partial charge in [0.2, 0.25) is 0 Å². The van der Waals surface area contributed by atoms with Crippen LogP contribution in [0, 0.1) is 0 Å². The molecule has 0 spiro atoms. The number of pyridine rings is 1. The molecule has 4 aromatic rings. The molecule has 0 bridgehead atoms. The second-order valence-electron chi connectivity index (χ2n) is 8.42. The Bertz CT molecular complexity index is 1200. The molecule has 0 amide bonds. The monoisotopic (exact) mass is 437 g/mol. The van der Waals surface area contributed by atoms with Crippen LogP contribution in [0.1, 0.15) is 57.3 Å². The van der Waals surface area contributed by atoms with Gasteiger partial charge in [-0.25, -0.2) is 4.98 Å². The molecule has 0 saturated heterocycles. The fourth-order valence-electron chi connectivity index (χ4n) is 4.63. The summed E-state index contributed by atoms with van der Waals surface area (Å²) in [5.41, 5.74) is 5.37. The van der Waals surface area contributed by atoms with E-state index in [0.29, 0.717) is 13.0 Å². The molecule has 5 heteroatoms. The van der Waals surface area contributed by atoms with Crippen LogP contribution >= 0.6 is 0 Å². The first-order valence-electron chi connectivity index (χ1n) is 11.5. The van der Waals surface area contributed by atoms with Crippen molar-refractivity contribution in [1.29, 1.82) is 0 Å². The van der Waals surface area contributed by atoms with Crippen molar-refractivity contribution in [2.75, 3.05) is 6.61 Å². The molecular weight excluding hydrogens is 410 g/mol. The Morgan fingerprint density at radius 3 is 2.58 bits per heavy atom. The topological polar surface area (TPSA) is 67.9 Å². The van der Waals surface area contributed by atoms with Crippen LogP contribution in [0.5, 0.6) is 5.75 Å². The van der Waals surface area contributed by atoms with E-state index in [4.69, 9.17) is 4.74 Å². The molecule has 1 unspecified atom stereocenters. The van der Waals surface area contributed by atoms with Crippen LogP contribution in [-0.2, 0) is 19.3 Å². The normalized spacial score (nSPS) is 14.0. The standard InChI is InChI=1S/C28H27N3O2/c32-26-11-6-9-21-22(26)14-15-27(23(21)13-12-20-7-2-1-3-8-20)33-19-24(28-30-17-18-31-28)25-10-4-5-16-29-25/h1-5,7-8,10,14-18,24H,6,9,11-13,19H2,(H,30,31). The van der Waals surface area contributed by atoms with Gasteiger partial charge in [-0.15, -0.1) is 0 Å². The number of H-pyrrole nitrogens is 1. The molecule has 5 rings (SSSR count). The van der Waals surface area contributed by atoms with Crippen molar-refractivity contribution in [1.82, 2.24) is 15.0 Å². The summed E-state index contributed by atoms with van der Waals surface area (Å²) in [5, 5.41) is 0. The summed E-state index contributed by atoms with van der Waals surface area (Å²) >= 11 is 0. The average Bonchev–Trinajstić information content (AvgIpc) is 3.39. The molecule has 33 heavy (non-hydrogen) atoms. The van der Waals surface area contributed by atoms with E-state index in [2.05, 4.69) is 39.2 Å². The maximum atomic E-state index is 12.6. The van der Waals surface area contributed by atoms with Gasteiger partial charge >= 0.3 is 0 Å². The molecule has 166 valence electrons. The predicted octanol–water partition coefficient (Wildman–Crippen LogP) is 5.32. The van der Waals surface area contributed by atoms with Gasteiger partial charge in [0.1, 0.15) is 18.2 Å². The Labute approximate surface area is 193 Å². The maximum absolute atomic E-state index is 12.6. The molecule has 1 aliphatic rings. The fraction of sp³-hybridized carbons (Fsp3) is 0.250. The molecule has 0 fully saturated rings. The van der Waals surface area contributed by atoms with Crippen LogP contribution in [0.15, 0.2) is 79.3 Å². The molecule has 0 radical (unpaired) electrons. The van der Waals surface area contributed by atoms with Gasteiger partial charge in [-0.3, -0.25) is 9.78 Å². The van der Waals surface area contributed by atoms with Crippen LogP contribution < -0.4 is 4.74 Å². The van der Waals surface area contributed by atoms with E-state index in [1.807, 2.05) is 42.6 Å². The number of nitrogens with zero attached hydrogens (tertiary/aromatic N) is 2. The summed E-state index contributed by atoms with van der Waals surface area (Å²) in [5.74, 6) is 1.81. The average molecular weight is 438 g/mol. The van der Waals surface area contributed by atoms with Crippen molar-refractivity contribution >= 4 is 5.78 Å². The Kier molecular flexibility index (Phi) is 6.29. The zero-order chi connectivity index (χ0) is 22.5. The lowest BCUT2D eigenvalue weighted by molar-refractivity contribution is 0.0972. The zero-order valence-corrected chi connectivity index (χ0v) is 18.5. The van der Waals surface area contributed by atoms with Gasteiger partial charge < -0.3 is 9.72 Å². The number of fused-ring (bicyclic) bond motifs is 1. The fourth-order valence-corrected chi connectivity index (χ4v) is 4.63. The SMILES string of the molecule is O=C1CCCc2c1ccc(OCC(c1ccccn1)c1ncc[nH]1)c2CCc1ccccc1. The van der Waals surface area contributed by atoms with E-state index in [9.17, 15) is 4.79 Å². The summed E-state index contributed by atoms with van der Waals surface area (Å²) in [6, 6.07) is 20.3. The summed E-state index contributed by atoms with van der Waals surface area (Å²) in [4.78, 5) is 24.8. The van der Waals surface area contributed by atoms with E-state index in [-0.39, 0.29) is 11.7 Å². The molecule has 1 N–H and O–H groups in total. The van der Waals surface area contributed by atoms with Crippen molar-refractivity contribution in [2.24, 2.45) is 0 Å². The minimum absolute atomic E-state index is 0.110. The Hall–Kier alpha value is -3.73. The van der Waals surface area contributed by atoms with Gasteiger partial charge in [-0.05, 0) is 66.6 Å². The van der Waals surface area contributed by atoms with E-state index >= 15 is 0 Å². The summed E-state index contributed by atoms with van der Waals surface area (Å²) < 4.78 is 6.46. The molecular formula is C28H27N3O2. The number of aryl methyl sites for hydroxylation is 1. The van der Waals surface area contributed by atoms with Gasteiger partial charge in [0.15, 0.2) is 5.78 Å². The van der Waals surface area contributed by atoms with Crippen LogP contribution in [0.2, 0.25) is 0 Å². The number of nitrogens with one attached hydrogen (secondary N) is 1. The number of hydrogen-bond donors (Lipinski definition) is 1. The van der Waals surface area contributed by atoms with Crippen molar-refractivity contribution in [3.63, 3.8) is 0 Å². The summed E-state index contributed by atoms with van der Waals surface area (Å²) in [6.07, 6.45) is 9.56. The van der Waals surface area contributed by atoms with E-state index < -0.39 is 0 Å². The summed E-state index contributed by atoms with van der Waals surface area (Å²) in [7, 11) is 0. The predicted molar refractivity (Wildman–Crippen MR) is 128 cm³/mol. The number of benzene rings is 2. The molecule has 0 saturated carbocycles. The lowest BCUT2D eigenvalue weighted by Gasteiger charge is -2.23. The number of aromatic amines is 1. The maximum Gasteiger partial charge on any atom is 0.163 e. The van der Waals surface area contributed by atoms with E-state index in [1.165, 1.54) is 5.56 Å². The first-order valence-corrected chi connectivity index (χ1v) is 11.5. The summed E-state index contributed by atoms with van der Waals surface area (Å²) in [6.45, 7) is 0.412. The number of carbonyl (C=O) groups is 1. The van der Waals surface area contributed by atoms with Gasteiger partial charge in [0.25, 0.3) is 0 Å². The van der Waals surface area contributed by atoms with E-state index in [1.54, 1.807) is 12.4 Å². The molecule has 1 atom stereocenters. The number of ether oxygens (including phenoxy) is 1. The Balaban J connectivity index is 1.44. The molecule has 5 nitrogen and oxygen atoms in total. The van der Waals surface area contributed by atoms with Gasteiger partial charge in [-0.2, -0.15) is 0 Å². The largest absolute Gasteiger partial charge is 0.492 e. The highest BCUT2D eigenvalue weighted by Gasteiger charge is 2.24. The van der Waals surface area contributed by atoms with Gasteiger partial charge in [0.05, 0.1) is 11.6 Å².